The minimum atomic E-state index is -0.394. The Balaban J connectivity index is 1.13. The Bertz CT molecular complexity index is 1820. The summed E-state index contributed by atoms with van der Waals surface area (Å²) in [5.74, 6) is 1.89. The minimum Gasteiger partial charge on any atom is -0.484 e. The second-order valence-electron chi connectivity index (χ2n) is 15.3. The molecule has 12 heteroatoms. The Labute approximate surface area is 288 Å². The Morgan fingerprint density at radius 1 is 0.980 bits per heavy atom. The smallest absolute Gasteiger partial charge is 0.320 e. The molecule has 1 unspecified atom stereocenters. The Morgan fingerprint density at radius 3 is 2.43 bits per heavy atom. The molecule has 260 valence electrons. The average molecular weight is 669 g/mol. The SMILES string of the molecule is CC(CCCC(=O)c1nc(NC(=O)N[C@H]2CC[C@@H](Oc3ccc4nnc(C(C)(C)C)n4c3)c3ccccc32)cc(C(C)(C)C)n1)N1COC1. The summed E-state index contributed by atoms with van der Waals surface area (Å²) in [5, 5.41) is 14.7. The van der Waals surface area contributed by atoms with Gasteiger partial charge in [0.05, 0.1) is 17.9 Å². The first kappa shape index (κ1) is 34.4. The van der Waals surface area contributed by atoms with Gasteiger partial charge in [0.2, 0.25) is 0 Å². The van der Waals surface area contributed by atoms with Gasteiger partial charge in [-0.1, -0.05) is 65.8 Å². The zero-order valence-corrected chi connectivity index (χ0v) is 29.6. The fourth-order valence-corrected chi connectivity index (χ4v) is 6.27. The van der Waals surface area contributed by atoms with Crippen molar-refractivity contribution in [3.05, 3.63) is 77.1 Å². The summed E-state index contributed by atoms with van der Waals surface area (Å²) in [6.45, 7) is 15.8. The van der Waals surface area contributed by atoms with E-state index in [1.807, 2.05) is 61.7 Å². The van der Waals surface area contributed by atoms with Crippen molar-refractivity contribution < 1.29 is 19.1 Å². The van der Waals surface area contributed by atoms with Gasteiger partial charge in [0.25, 0.3) is 0 Å². The van der Waals surface area contributed by atoms with Crippen LogP contribution >= 0.6 is 0 Å². The van der Waals surface area contributed by atoms with Crippen LogP contribution in [0.4, 0.5) is 10.6 Å². The highest BCUT2D eigenvalue weighted by atomic mass is 16.5. The van der Waals surface area contributed by atoms with Crippen molar-refractivity contribution in [2.24, 2.45) is 0 Å². The molecule has 0 radical (unpaired) electrons. The lowest BCUT2D eigenvalue weighted by Gasteiger charge is -2.36. The van der Waals surface area contributed by atoms with Crippen LogP contribution in [0.2, 0.25) is 0 Å². The fraction of sp³-hybridized carbons (Fsp3) is 0.514. The van der Waals surface area contributed by atoms with Crippen molar-refractivity contribution in [1.82, 2.24) is 34.8 Å². The van der Waals surface area contributed by atoms with Gasteiger partial charge in [-0.05, 0) is 55.9 Å². The molecule has 4 heterocycles. The molecule has 0 saturated carbocycles. The van der Waals surface area contributed by atoms with Crippen molar-refractivity contribution in [3.63, 3.8) is 0 Å². The third-order valence-corrected chi connectivity index (χ3v) is 9.21. The van der Waals surface area contributed by atoms with Crippen molar-refractivity contribution >= 4 is 23.3 Å². The molecule has 1 aliphatic carbocycles. The van der Waals surface area contributed by atoms with Gasteiger partial charge >= 0.3 is 6.03 Å². The highest BCUT2D eigenvalue weighted by Gasteiger charge is 2.30. The van der Waals surface area contributed by atoms with Crippen LogP contribution in [0, 0.1) is 0 Å². The number of benzene rings is 1. The van der Waals surface area contributed by atoms with Crippen molar-refractivity contribution in [3.8, 4) is 5.75 Å². The quantitative estimate of drug-likeness (QED) is 0.173. The third-order valence-electron chi connectivity index (χ3n) is 9.21. The second-order valence-corrected chi connectivity index (χ2v) is 15.3. The van der Waals surface area contributed by atoms with Crippen LogP contribution in [0.5, 0.6) is 5.75 Å². The van der Waals surface area contributed by atoms with Gasteiger partial charge in [-0.15, -0.1) is 10.2 Å². The van der Waals surface area contributed by atoms with Crippen LogP contribution < -0.4 is 15.4 Å². The van der Waals surface area contributed by atoms with Gasteiger partial charge < -0.3 is 14.8 Å². The van der Waals surface area contributed by atoms with E-state index in [2.05, 4.69) is 69.5 Å². The first-order chi connectivity index (χ1) is 23.3. The van der Waals surface area contributed by atoms with E-state index in [0.29, 0.717) is 50.3 Å². The topological polar surface area (TPSA) is 136 Å². The van der Waals surface area contributed by atoms with Gasteiger partial charge in [-0.25, -0.2) is 14.8 Å². The first-order valence-electron chi connectivity index (χ1n) is 17.2. The number of anilines is 1. The van der Waals surface area contributed by atoms with E-state index in [4.69, 9.17) is 9.47 Å². The number of ketones is 1. The fourth-order valence-electron chi connectivity index (χ4n) is 6.27. The maximum Gasteiger partial charge on any atom is 0.320 e. The van der Waals surface area contributed by atoms with E-state index in [-0.39, 0.29) is 34.6 Å². The third kappa shape index (κ3) is 7.91. The number of nitrogens with zero attached hydrogens (tertiary/aromatic N) is 6. The Kier molecular flexibility index (Phi) is 9.72. The van der Waals surface area contributed by atoms with Crippen molar-refractivity contribution in [2.45, 2.75) is 110 Å². The summed E-state index contributed by atoms with van der Waals surface area (Å²) < 4.78 is 13.8. The molecule has 1 fully saturated rings. The number of aromatic nitrogens is 5. The number of fused-ring (bicyclic) bond motifs is 2. The lowest BCUT2D eigenvalue weighted by Crippen LogP contribution is -2.45. The number of carbonyl (C=O) groups is 2. The number of urea groups is 1. The second kappa shape index (κ2) is 13.8. The number of amides is 2. The van der Waals surface area contributed by atoms with Crippen LogP contribution in [-0.4, -0.2) is 60.8 Å². The summed E-state index contributed by atoms with van der Waals surface area (Å²) in [6, 6.07) is 13.4. The molecule has 2 aliphatic rings. The predicted octanol–water partition coefficient (Wildman–Crippen LogP) is 6.88. The summed E-state index contributed by atoms with van der Waals surface area (Å²) in [4.78, 5) is 38.0. The molecule has 3 aromatic heterocycles. The Morgan fingerprint density at radius 2 is 1.73 bits per heavy atom. The highest BCUT2D eigenvalue weighted by Crippen LogP contribution is 2.39. The van der Waals surface area contributed by atoms with Gasteiger partial charge in [0.15, 0.2) is 17.3 Å². The molecule has 1 aliphatic heterocycles. The molecule has 49 heavy (non-hydrogen) atoms. The van der Waals surface area contributed by atoms with Gasteiger partial charge in [-0.2, -0.15) is 0 Å². The molecule has 4 aromatic rings. The van der Waals surface area contributed by atoms with E-state index in [0.717, 1.165) is 41.2 Å². The van der Waals surface area contributed by atoms with E-state index >= 15 is 0 Å². The van der Waals surface area contributed by atoms with E-state index in [1.54, 1.807) is 6.07 Å². The van der Waals surface area contributed by atoms with Crippen LogP contribution in [0.15, 0.2) is 48.7 Å². The van der Waals surface area contributed by atoms with Crippen LogP contribution in [-0.2, 0) is 15.6 Å². The largest absolute Gasteiger partial charge is 0.484 e. The van der Waals surface area contributed by atoms with Gasteiger partial charge in [0.1, 0.15) is 37.0 Å². The molecule has 3 atom stereocenters. The monoisotopic (exact) mass is 668 g/mol. The molecule has 2 N–H and O–H groups in total. The number of carbonyl (C=O) groups excluding carboxylic acids is 2. The lowest BCUT2D eigenvalue weighted by molar-refractivity contribution is -0.163. The predicted molar refractivity (Wildman–Crippen MR) is 187 cm³/mol. The maximum absolute atomic E-state index is 13.4. The number of pyridine rings is 1. The molecule has 1 saturated heterocycles. The molecule has 1 aromatic carbocycles. The number of Topliss-reactive ketones (excluding diaryl/α,β-unsaturated/α-hetero) is 1. The van der Waals surface area contributed by atoms with Crippen molar-refractivity contribution in [2.75, 3.05) is 18.8 Å². The van der Waals surface area contributed by atoms with Crippen LogP contribution in [0.1, 0.15) is 126 Å². The number of ether oxygens (including phenoxy) is 2. The standard InChI is InChI=1S/C37H48N8O4/c1-23(44-21-48-22-44)11-10-14-28(46)33-39-30(36(2,3)4)19-31(40-33)41-35(47)38-27-16-17-29(26-13-9-8-12-25(26)27)49-24-15-18-32-42-43-34(37(5,6)7)45(32)20-24/h8-9,12-13,15,18-20,23,27,29H,10-11,14,16-17,21-22H2,1-7H3,(H2,38,39,40,41,47)/t23?,27-,29+/m0/s1. The molecule has 12 nitrogen and oxygen atoms in total. The zero-order chi connectivity index (χ0) is 34.9. The molecule has 0 spiro atoms. The lowest BCUT2D eigenvalue weighted by atomic mass is 9.85. The number of nitrogens with one attached hydrogen (secondary N) is 2. The summed E-state index contributed by atoms with van der Waals surface area (Å²) in [6.07, 6.45) is 5.10. The van der Waals surface area contributed by atoms with E-state index in [9.17, 15) is 9.59 Å². The minimum absolute atomic E-state index is 0.130. The average Bonchev–Trinajstić information content (AvgIpc) is 3.45. The summed E-state index contributed by atoms with van der Waals surface area (Å²) in [5.41, 5.74) is 2.97. The molecular formula is C37H48N8O4. The first-order valence-corrected chi connectivity index (χ1v) is 17.2. The number of hydrogen-bond donors (Lipinski definition) is 2. The number of rotatable bonds is 10. The molecule has 2 amide bonds. The normalized spacial score (nSPS) is 18.8. The van der Waals surface area contributed by atoms with E-state index in [1.165, 1.54) is 0 Å². The summed E-state index contributed by atoms with van der Waals surface area (Å²) >= 11 is 0. The van der Waals surface area contributed by atoms with Gasteiger partial charge in [0, 0.05) is 29.4 Å². The zero-order valence-electron chi connectivity index (χ0n) is 29.6. The van der Waals surface area contributed by atoms with E-state index < -0.39 is 6.03 Å². The summed E-state index contributed by atoms with van der Waals surface area (Å²) in [7, 11) is 0. The molecular weight excluding hydrogens is 620 g/mol. The van der Waals surface area contributed by atoms with Crippen molar-refractivity contribution in [1.29, 1.82) is 0 Å². The van der Waals surface area contributed by atoms with Crippen LogP contribution in [0.25, 0.3) is 5.65 Å². The maximum atomic E-state index is 13.4. The molecule has 0 bridgehead atoms. The molecule has 6 rings (SSSR count). The Hall–Kier alpha value is -4.42. The van der Waals surface area contributed by atoms with Gasteiger partial charge in [-0.3, -0.25) is 19.4 Å². The van der Waals surface area contributed by atoms with Crippen LogP contribution in [0.3, 0.4) is 0 Å². The number of hydrogen-bond acceptors (Lipinski definition) is 9. The highest BCUT2D eigenvalue weighted by molar-refractivity contribution is 5.94.